The number of pyridine rings is 1. The molecule has 0 aromatic carbocycles. The molecule has 4 nitrogen and oxygen atoms in total. The van der Waals surface area contributed by atoms with Crippen molar-refractivity contribution in [1.82, 2.24) is 4.98 Å². The fourth-order valence-corrected chi connectivity index (χ4v) is 2.30. The minimum absolute atomic E-state index is 0.0684. The van der Waals surface area contributed by atoms with Crippen LogP contribution in [0.4, 0.5) is 5.82 Å². The van der Waals surface area contributed by atoms with Gasteiger partial charge < -0.3 is 5.32 Å². The predicted molar refractivity (Wildman–Crippen MR) is 71.5 cm³/mol. The smallest absolute Gasteiger partial charge is 0.266 e. The van der Waals surface area contributed by atoms with Crippen molar-refractivity contribution in [3.05, 3.63) is 45.2 Å². The molecule has 0 saturated carbocycles. The molecule has 0 fully saturated rings. The normalized spacial score (nSPS) is 10.1. The van der Waals surface area contributed by atoms with E-state index in [2.05, 4.69) is 10.3 Å². The highest BCUT2D eigenvalue weighted by Gasteiger charge is 2.13. The highest BCUT2D eigenvalue weighted by atomic mass is 35.5. The fourth-order valence-electron chi connectivity index (χ4n) is 1.29. The lowest BCUT2D eigenvalue weighted by molar-refractivity contribution is 0.101. The highest BCUT2D eigenvalue weighted by Crippen LogP contribution is 2.20. The minimum atomic E-state index is -0.326. The first-order valence-electron chi connectivity index (χ1n) is 5.09. The molecule has 1 N–H and O–H groups in total. The first kappa shape index (κ1) is 12.7. The third-order valence-electron chi connectivity index (χ3n) is 2.22. The topological polar surface area (TPSA) is 59.1 Å². The monoisotopic (exact) mass is 280 g/mol. The van der Waals surface area contributed by atoms with E-state index in [0.29, 0.717) is 21.3 Å². The van der Waals surface area contributed by atoms with Crippen molar-refractivity contribution in [1.29, 1.82) is 0 Å². The average molecular weight is 281 g/mol. The third-order valence-corrected chi connectivity index (χ3v) is 3.45. The Morgan fingerprint density at radius 3 is 2.83 bits per heavy atom. The van der Waals surface area contributed by atoms with Gasteiger partial charge in [-0.05, 0) is 25.1 Å². The zero-order valence-electron chi connectivity index (χ0n) is 9.44. The van der Waals surface area contributed by atoms with E-state index in [1.165, 1.54) is 24.5 Å². The second-order valence-electron chi connectivity index (χ2n) is 3.54. The highest BCUT2D eigenvalue weighted by molar-refractivity contribution is 7.12. The summed E-state index contributed by atoms with van der Waals surface area (Å²) in [6.07, 6.45) is 1.54. The van der Waals surface area contributed by atoms with Crippen LogP contribution in [-0.4, -0.2) is 16.7 Å². The number of carbonyl (C=O) groups is 2. The van der Waals surface area contributed by atoms with E-state index < -0.39 is 0 Å². The Morgan fingerprint density at radius 1 is 1.44 bits per heavy atom. The van der Waals surface area contributed by atoms with Gasteiger partial charge in [0, 0.05) is 17.1 Å². The molecule has 0 aliphatic heterocycles. The zero-order chi connectivity index (χ0) is 13.1. The number of amides is 1. The number of anilines is 1. The number of ketones is 1. The van der Waals surface area contributed by atoms with Gasteiger partial charge in [0.2, 0.25) is 0 Å². The molecular formula is C12H9ClN2O2S. The Hall–Kier alpha value is -1.72. The van der Waals surface area contributed by atoms with Gasteiger partial charge in [0.1, 0.15) is 0 Å². The third kappa shape index (κ3) is 2.75. The Kier molecular flexibility index (Phi) is 3.74. The summed E-state index contributed by atoms with van der Waals surface area (Å²) in [4.78, 5) is 27.4. The number of hydrogen-bond acceptors (Lipinski definition) is 4. The Bertz CT molecular complexity index is 610. The van der Waals surface area contributed by atoms with Gasteiger partial charge in [0.15, 0.2) is 11.6 Å². The van der Waals surface area contributed by atoms with Crippen LogP contribution in [0.25, 0.3) is 0 Å². The summed E-state index contributed by atoms with van der Waals surface area (Å²) in [7, 11) is 0. The quantitative estimate of drug-likeness (QED) is 0.878. The number of carbonyl (C=O) groups excluding carboxylic acids is 2. The Morgan fingerprint density at radius 2 is 2.22 bits per heavy atom. The second kappa shape index (κ2) is 5.29. The molecule has 0 unspecified atom stereocenters. The second-order valence-corrected chi connectivity index (χ2v) is 4.86. The van der Waals surface area contributed by atoms with Gasteiger partial charge in [-0.3, -0.25) is 9.59 Å². The van der Waals surface area contributed by atoms with Gasteiger partial charge in [0.25, 0.3) is 5.91 Å². The first-order chi connectivity index (χ1) is 8.58. The minimum Gasteiger partial charge on any atom is -0.305 e. The fraction of sp³-hybridized carbons (Fsp3) is 0.0833. The van der Waals surface area contributed by atoms with Crippen LogP contribution in [0.3, 0.4) is 0 Å². The number of nitrogens with one attached hydrogen (secondary N) is 1. The summed E-state index contributed by atoms with van der Waals surface area (Å²) in [5.41, 5.74) is 0.525. The number of thiophene rings is 1. The molecule has 0 aliphatic carbocycles. The number of hydrogen-bond donors (Lipinski definition) is 1. The number of aromatic nitrogens is 1. The molecule has 2 heterocycles. The van der Waals surface area contributed by atoms with E-state index >= 15 is 0 Å². The summed E-state index contributed by atoms with van der Waals surface area (Å²) in [5, 5.41) is 4.62. The van der Waals surface area contributed by atoms with Crippen molar-refractivity contribution in [3.63, 3.8) is 0 Å². The van der Waals surface area contributed by atoms with Crippen molar-refractivity contribution >= 4 is 40.4 Å². The lowest BCUT2D eigenvalue weighted by atomic mass is 10.2. The maximum absolute atomic E-state index is 11.9. The van der Waals surface area contributed by atoms with Crippen LogP contribution >= 0.6 is 22.9 Å². The molecular weight excluding hydrogens is 272 g/mol. The molecule has 2 aromatic rings. The van der Waals surface area contributed by atoms with Crippen LogP contribution in [-0.2, 0) is 0 Å². The molecule has 0 radical (unpaired) electrons. The lowest BCUT2D eigenvalue weighted by Crippen LogP contribution is -2.11. The molecule has 92 valence electrons. The van der Waals surface area contributed by atoms with Gasteiger partial charge in [0.05, 0.1) is 9.90 Å². The van der Waals surface area contributed by atoms with E-state index in [0.717, 1.165) is 0 Å². The van der Waals surface area contributed by atoms with Crippen molar-refractivity contribution in [2.75, 3.05) is 5.32 Å². The molecule has 0 bridgehead atoms. The summed E-state index contributed by atoms with van der Waals surface area (Å²) in [6, 6.07) is 4.87. The maximum atomic E-state index is 11.9. The molecule has 0 saturated heterocycles. The van der Waals surface area contributed by atoms with E-state index in [9.17, 15) is 9.59 Å². The SMILES string of the molecule is CC(=O)c1csc(C(=O)Nc2ncccc2Cl)c1. The molecule has 2 aromatic heterocycles. The van der Waals surface area contributed by atoms with Crippen LogP contribution in [0, 0.1) is 0 Å². The largest absolute Gasteiger partial charge is 0.305 e. The molecule has 0 spiro atoms. The summed E-state index contributed by atoms with van der Waals surface area (Å²) < 4.78 is 0. The molecule has 0 atom stereocenters. The van der Waals surface area contributed by atoms with E-state index in [4.69, 9.17) is 11.6 Å². The van der Waals surface area contributed by atoms with Crippen LogP contribution in [0.5, 0.6) is 0 Å². The van der Waals surface area contributed by atoms with E-state index in [1.54, 1.807) is 23.6 Å². The molecule has 2 rings (SSSR count). The summed E-state index contributed by atoms with van der Waals surface area (Å²) >= 11 is 7.09. The van der Waals surface area contributed by atoms with Crippen LogP contribution < -0.4 is 5.32 Å². The van der Waals surface area contributed by atoms with Crippen molar-refractivity contribution in [2.24, 2.45) is 0 Å². The average Bonchev–Trinajstić information content (AvgIpc) is 2.81. The molecule has 1 amide bonds. The van der Waals surface area contributed by atoms with Gasteiger partial charge >= 0.3 is 0 Å². The van der Waals surface area contributed by atoms with Gasteiger partial charge in [-0.2, -0.15) is 0 Å². The van der Waals surface area contributed by atoms with E-state index in [-0.39, 0.29) is 11.7 Å². The maximum Gasteiger partial charge on any atom is 0.266 e. The van der Waals surface area contributed by atoms with Gasteiger partial charge in [-0.1, -0.05) is 11.6 Å². The Balaban J connectivity index is 2.17. The Labute approximate surface area is 113 Å². The van der Waals surface area contributed by atoms with Crippen LogP contribution in [0.15, 0.2) is 29.8 Å². The van der Waals surface area contributed by atoms with Crippen molar-refractivity contribution in [2.45, 2.75) is 6.92 Å². The van der Waals surface area contributed by atoms with Crippen molar-refractivity contribution in [3.8, 4) is 0 Å². The number of halogens is 1. The summed E-state index contributed by atoms with van der Waals surface area (Å²) in [6.45, 7) is 1.46. The molecule has 6 heteroatoms. The molecule has 0 aliphatic rings. The van der Waals surface area contributed by atoms with Gasteiger partial charge in [-0.15, -0.1) is 11.3 Å². The number of rotatable bonds is 3. The lowest BCUT2D eigenvalue weighted by Gasteiger charge is -2.03. The predicted octanol–water partition coefficient (Wildman–Crippen LogP) is 3.25. The zero-order valence-corrected chi connectivity index (χ0v) is 11.0. The number of nitrogens with zero attached hydrogens (tertiary/aromatic N) is 1. The van der Waals surface area contributed by atoms with Crippen LogP contribution in [0.2, 0.25) is 5.02 Å². The van der Waals surface area contributed by atoms with Gasteiger partial charge in [-0.25, -0.2) is 4.98 Å². The molecule has 18 heavy (non-hydrogen) atoms. The summed E-state index contributed by atoms with van der Waals surface area (Å²) in [5.74, 6) is -0.0868. The standard InChI is InChI=1S/C12H9ClN2O2S/c1-7(16)8-5-10(18-6-8)12(17)15-11-9(13)3-2-4-14-11/h2-6H,1H3,(H,14,15,17). The van der Waals surface area contributed by atoms with Crippen molar-refractivity contribution < 1.29 is 9.59 Å². The first-order valence-corrected chi connectivity index (χ1v) is 6.35. The van der Waals surface area contributed by atoms with E-state index in [1.807, 2.05) is 0 Å². The van der Waals surface area contributed by atoms with Crippen LogP contribution in [0.1, 0.15) is 27.0 Å². The number of Topliss-reactive ketones (excluding diaryl/α,β-unsaturated/α-hetero) is 1.